The molecule has 2 unspecified atom stereocenters. The molecule has 0 aromatic heterocycles. The number of fused-ring (bicyclic) bond motifs is 1. The van der Waals surface area contributed by atoms with Crippen LogP contribution in [0.1, 0.15) is 32.3 Å². The van der Waals surface area contributed by atoms with E-state index in [-0.39, 0.29) is 47.8 Å². The Hall–Kier alpha value is -1.36. The van der Waals surface area contributed by atoms with Crippen LogP contribution < -0.4 is 40.0 Å². The maximum absolute atomic E-state index is 12.1. The van der Waals surface area contributed by atoms with Crippen molar-refractivity contribution in [2.45, 2.75) is 39.2 Å². The van der Waals surface area contributed by atoms with Crippen LogP contribution in [-0.4, -0.2) is 17.9 Å². The Morgan fingerprint density at radius 1 is 1.12 bits per heavy atom. The van der Waals surface area contributed by atoms with Crippen LogP contribution in [0.4, 0.5) is 0 Å². The number of nitrogens with one attached hydrogen (secondary N) is 1. The molecule has 0 aliphatic heterocycles. The van der Waals surface area contributed by atoms with Crippen LogP contribution in [0.15, 0.2) is 42.5 Å². The topological polar surface area (TPSA) is 69.2 Å². The molecule has 0 saturated heterocycles. The maximum atomic E-state index is 12.1. The van der Waals surface area contributed by atoms with E-state index >= 15 is 0 Å². The van der Waals surface area contributed by atoms with Gasteiger partial charge in [0.1, 0.15) is 0 Å². The Morgan fingerprint density at radius 3 is 2.46 bits per heavy atom. The number of carbonyl (C=O) groups excluding carboxylic acids is 2. The van der Waals surface area contributed by atoms with Crippen molar-refractivity contribution >= 4 is 22.6 Å². The van der Waals surface area contributed by atoms with Crippen LogP contribution in [0.25, 0.3) is 10.8 Å². The minimum Gasteiger partial charge on any atom is -0.548 e. The van der Waals surface area contributed by atoms with E-state index in [2.05, 4.69) is 5.32 Å². The van der Waals surface area contributed by atoms with Crippen LogP contribution in [0, 0.1) is 5.92 Å². The maximum Gasteiger partial charge on any atom is 1.00 e. The van der Waals surface area contributed by atoms with Gasteiger partial charge in [0, 0.05) is 5.92 Å². The number of benzene rings is 2. The predicted molar refractivity (Wildman–Crippen MR) is 88.7 cm³/mol. The Morgan fingerprint density at radius 2 is 1.79 bits per heavy atom. The van der Waals surface area contributed by atoms with Gasteiger partial charge >= 0.3 is 29.6 Å². The van der Waals surface area contributed by atoms with Crippen LogP contribution >= 0.6 is 0 Å². The molecule has 5 heteroatoms. The third-order valence-electron chi connectivity index (χ3n) is 4.07. The third-order valence-corrected chi connectivity index (χ3v) is 4.07. The monoisotopic (exact) mass is 335 g/mol. The van der Waals surface area contributed by atoms with E-state index in [0.717, 1.165) is 29.2 Å². The average molecular weight is 335 g/mol. The molecule has 0 saturated carbocycles. The number of hydrogen-bond donors (Lipinski definition) is 1. The summed E-state index contributed by atoms with van der Waals surface area (Å²) >= 11 is 0. The number of carboxylic acid groups (broad SMARTS) is 1. The summed E-state index contributed by atoms with van der Waals surface area (Å²) in [7, 11) is 0. The number of aliphatic carboxylic acids is 1. The minimum atomic E-state index is -1.25. The minimum absolute atomic E-state index is 0. The van der Waals surface area contributed by atoms with Gasteiger partial charge in [0.05, 0.1) is 12.0 Å². The predicted octanol–water partition coefficient (Wildman–Crippen LogP) is -0.943. The van der Waals surface area contributed by atoms with Crippen molar-refractivity contribution < 1.29 is 44.3 Å². The molecular weight excluding hydrogens is 313 g/mol. The van der Waals surface area contributed by atoms with E-state index in [0.29, 0.717) is 0 Å². The molecule has 0 aliphatic rings. The number of carbonyl (C=O) groups is 2. The summed E-state index contributed by atoms with van der Waals surface area (Å²) in [5.41, 5.74) is 0.890. The van der Waals surface area contributed by atoms with E-state index in [1.807, 2.05) is 56.3 Å². The van der Waals surface area contributed by atoms with E-state index in [4.69, 9.17) is 0 Å². The third kappa shape index (κ3) is 5.33. The Kier molecular flexibility index (Phi) is 8.46. The van der Waals surface area contributed by atoms with E-state index < -0.39 is 12.0 Å². The Bertz CT molecular complexity index is 697. The SMILES string of the molecule is CCCC(C)C(=O)NC(Cc1cccc2ccccc12)C(=O)[O-].[Na+]. The summed E-state index contributed by atoms with van der Waals surface area (Å²) in [4.78, 5) is 23.5. The first kappa shape index (κ1) is 20.7. The summed E-state index contributed by atoms with van der Waals surface area (Å²) < 4.78 is 0. The molecule has 122 valence electrons. The van der Waals surface area contributed by atoms with Gasteiger partial charge in [-0.1, -0.05) is 62.7 Å². The first-order chi connectivity index (χ1) is 11.0. The van der Waals surface area contributed by atoms with Crippen molar-refractivity contribution in [1.82, 2.24) is 5.32 Å². The second-order valence-corrected chi connectivity index (χ2v) is 5.91. The van der Waals surface area contributed by atoms with Gasteiger partial charge in [-0.05, 0) is 29.2 Å². The molecule has 2 atom stereocenters. The zero-order valence-electron chi connectivity index (χ0n) is 14.5. The first-order valence-electron chi connectivity index (χ1n) is 8.00. The second kappa shape index (κ2) is 9.82. The van der Waals surface area contributed by atoms with E-state index in [1.54, 1.807) is 0 Å². The van der Waals surface area contributed by atoms with Gasteiger partial charge < -0.3 is 15.2 Å². The molecule has 0 heterocycles. The van der Waals surface area contributed by atoms with Gasteiger partial charge in [-0.15, -0.1) is 0 Å². The number of amides is 1. The molecular formula is C19H22NNaO3. The normalized spacial score (nSPS) is 12.9. The molecule has 0 radical (unpaired) electrons. The fourth-order valence-corrected chi connectivity index (χ4v) is 2.76. The summed E-state index contributed by atoms with van der Waals surface area (Å²) in [6, 6.07) is 12.5. The molecule has 2 rings (SSSR count). The van der Waals surface area contributed by atoms with Crippen molar-refractivity contribution in [1.29, 1.82) is 0 Å². The molecule has 4 nitrogen and oxygen atoms in total. The number of hydrogen-bond acceptors (Lipinski definition) is 3. The van der Waals surface area contributed by atoms with Gasteiger partial charge in [0.15, 0.2) is 0 Å². The second-order valence-electron chi connectivity index (χ2n) is 5.91. The smallest absolute Gasteiger partial charge is 0.548 e. The summed E-state index contributed by atoms with van der Waals surface area (Å²) in [6.45, 7) is 3.80. The van der Waals surface area contributed by atoms with Crippen molar-refractivity contribution in [3.05, 3.63) is 48.0 Å². The van der Waals surface area contributed by atoms with Crippen molar-refractivity contribution in [3.8, 4) is 0 Å². The van der Waals surface area contributed by atoms with Crippen LogP contribution in [-0.2, 0) is 16.0 Å². The molecule has 2 aromatic rings. The van der Waals surface area contributed by atoms with Crippen LogP contribution in [0.3, 0.4) is 0 Å². The van der Waals surface area contributed by atoms with Gasteiger partial charge in [-0.3, -0.25) is 4.79 Å². The van der Waals surface area contributed by atoms with Crippen molar-refractivity contribution in [2.75, 3.05) is 0 Å². The largest absolute Gasteiger partial charge is 1.00 e. The first-order valence-corrected chi connectivity index (χ1v) is 8.00. The molecule has 1 amide bonds. The molecule has 0 fully saturated rings. The quantitative estimate of drug-likeness (QED) is 0.664. The number of carboxylic acids is 1. The zero-order chi connectivity index (χ0) is 16.8. The van der Waals surface area contributed by atoms with Gasteiger partial charge in [-0.25, -0.2) is 0 Å². The zero-order valence-corrected chi connectivity index (χ0v) is 16.5. The Labute approximate surface area is 164 Å². The molecule has 0 bridgehead atoms. The van der Waals surface area contributed by atoms with Gasteiger partial charge in [-0.2, -0.15) is 0 Å². The molecule has 0 aliphatic carbocycles. The Balaban J connectivity index is 0.00000288. The van der Waals surface area contributed by atoms with Crippen molar-refractivity contribution in [3.63, 3.8) is 0 Å². The standard InChI is InChI=1S/C19H23NO3.Na/c1-3-7-13(2)18(21)20-17(19(22)23)12-15-10-6-9-14-8-4-5-11-16(14)15;/h4-6,8-11,13,17H,3,7,12H2,1-2H3,(H,20,21)(H,22,23);/q;+1/p-1. The summed E-state index contributed by atoms with van der Waals surface area (Å²) in [6.07, 6.45) is 1.84. The summed E-state index contributed by atoms with van der Waals surface area (Å²) in [5.74, 6) is -1.69. The molecule has 24 heavy (non-hydrogen) atoms. The van der Waals surface area contributed by atoms with Crippen molar-refractivity contribution in [2.24, 2.45) is 5.92 Å². The van der Waals surface area contributed by atoms with E-state index in [9.17, 15) is 14.7 Å². The van der Waals surface area contributed by atoms with Gasteiger partial charge in [0.2, 0.25) is 5.91 Å². The number of rotatable bonds is 7. The molecule has 2 aromatic carbocycles. The van der Waals surface area contributed by atoms with Crippen LogP contribution in [0.2, 0.25) is 0 Å². The fraction of sp³-hybridized carbons (Fsp3) is 0.368. The van der Waals surface area contributed by atoms with E-state index in [1.165, 1.54) is 0 Å². The van der Waals surface area contributed by atoms with Gasteiger partial charge in [0.25, 0.3) is 0 Å². The summed E-state index contributed by atoms with van der Waals surface area (Å²) in [5, 5.41) is 16.1. The molecule has 1 N–H and O–H groups in total. The molecule has 0 spiro atoms. The average Bonchev–Trinajstić information content (AvgIpc) is 2.54. The van der Waals surface area contributed by atoms with Crippen LogP contribution in [0.5, 0.6) is 0 Å². The fourth-order valence-electron chi connectivity index (χ4n) is 2.76.